The summed E-state index contributed by atoms with van der Waals surface area (Å²) in [6.07, 6.45) is 1.67. The maximum absolute atomic E-state index is 11.1. The van der Waals surface area contributed by atoms with Crippen LogP contribution in [0.15, 0.2) is 24.3 Å². The average Bonchev–Trinajstić information content (AvgIpc) is 2.97. The predicted molar refractivity (Wildman–Crippen MR) is 61.7 cm³/mol. The van der Waals surface area contributed by atoms with E-state index >= 15 is 0 Å². The molecule has 0 N–H and O–H groups in total. The van der Waals surface area contributed by atoms with Crippen molar-refractivity contribution in [2.24, 2.45) is 0 Å². The Morgan fingerprint density at radius 3 is 2.33 bits per heavy atom. The van der Waals surface area contributed by atoms with E-state index in [0.717, 1.165) is 12.0 Å². The van der Waals surface area contributed by atoms with Gasteiger partial charge in [0.2, 0.25) is 9.05 Å². The summed E-state index contributed by atoms with van der Waals surface area (Å²) in [5, 5.41) is -0.369. The van der Waals surface area contributed by atoms with Crippen LogP contribution in [-0.2, 0) is 15.5 Å². The number of rotatable bonds is 3. The van der Waals surface area contributed by atoms with Gasteiger partial charge < -0.3 is 0 Å². The van der Waals surface area contributed by atoms with Crippen LogP contribution < -0.4 is 0 Å². The van der Waals surface area contributed by atoms with Gasteiger partial charge in [-0.05, 0) is 24.0 Å². The van der Waals surface area contributed by atoms with Crippen LogP contribution in [0.25, 0.3) is 0 Å². The van der Waals surface area contributed by atoms with E-state index in [2.05, 4.69) is 6.92 Å². The molecule has 0 heterocycles. The minimum Gasteiger partial charge on any atom is -0.212 e. The fourth-order valence-corrected chi connectivity index (χ4v) is 3.41. The third-order valence-electron chi connectivity index (χ3n) is 2.91. The molecule has 15 heavy (non-hydrogen) atoms. The molecule has 0 bridgehead atoms. The van der Waals surface area contributed by atoms with Crippen molar-refractivity contribution < 1.29 is 8.42 Å². The molecule has 82 valence electrons. The molecule has 0 radical (unpaired) electrons. The smallest absolute Gasteiger partial charge is 0.212 e. The summed E-state index contributed by atoms with van der Waals surface area (Å²) in [6.45, 7) is 2.10. The van der Waals surface area contributed by atoms with Crippen molar-refractivity contribution in [1.29, 1.82) is 0 Å². The van der Waals surface area contributed by atoms with E-state index in [1.54, 1.807) is 0 Å². The van der Waals surface area contributed by atoms with Crippen molar-refractivity contribution in [2.75, 3.05) is 0 Å². The van der Waals surface area contributed by atoms with Crippen LogP contribution in [-0.4, -0.2) is 13.7 Å². The molecule has 2 rings (SSSR count). The highest BCUT2D eigenvalue weighted by Crippen LogP contribution is 2.47. The van der Waals surface area contributed by atoms with Crippen molar-refractivity contribution in [3.05, 3.63) is 35.4 Å². The number of aryl methyl sites for hydroxylation is 1. The minimum atomic E-state index is -3.37. The van der Waals surface area contributed by atoms with Gasteiger partial charge in [-0.15, -0.1) is 0 Å². The zero-order valence-electron chi connectivity index (χ0n) is 8.48. The molecule has 4 heteroatoms. The normalized spacial score (nSPS) is 25.2. The largest absolute Gasteiger partial charge is 0.236 e. The lowest BCUT2D eigenvalue weighted by Gasteiger charge is -2.00. The third-order valence-corrected chi connectivity index (χ3v) is 4.84. The first-order valence-corrected chi connectivity index (χ1v) is 7.42. The Hall–Kier alpha value is -0.540. The summed E-state index contributed by atoms with van der Waals surface area (Å²) in [4.78, 5) is 0. The SMILES string of the molecule is CCc1ccc(C2CC2S(=O)(=O)Cl)cc1. The lowest BCUT2D eigenvalue weighted by atomic mass is 10.1. The zero-order valence-corrected chi connectivity index (χ0v) is 10.1. The van der Waals surface area contributed by atoms with E-state index in [0.29, 0.717) is 6.42 Å². The second-order valence-electron chi connectivity index (χ2n) is 3.95. The van der Waals surface area contributed by atoms with Gasteiger partial charge in [0.05, 0.1) is 5.25 Å². The topological polar surface area (TPSA) is 34.1 Å². The standard InChI is InChI=1S/C11H13ClO2S/c1-2-8-3-5-9(6-4-8)10-7-11(10)15(12,13)14/h3-6,10-11H,2,7H2,1H3. The molecule has 2 nitrogen and oxygen atoms in total. The van der Waals surface area contributed by atoms with Crippen LogP contribution in [0.5, 0.6) is 0 Å². The Kier molecular flexibility index (Phi) is 2.77. The molecule has 0 saturated heterocycles. The van der Waals surface area contributed by atoms with Crippen LogP contribution in [0.1, 0.15) is 30.4 Å². The predicted octanol–water partition coefficient (Wildman–Crippen LogP) is 2.67. The van der Waals surface area contributed by atoms with Gasteiger partial charge in [0.25, 0.3) is 0 Å². The zero-order chi connectivity index (χ0) is 11.1. The van der Waals surface area contributed by atoms with Crippen LogP contribution in [0.2, 0.25) is 0 Å². The molecular formula is C11H13ClO2S. The molecule has 1 aromatic carbocycles. The van der Waals surface area contributed by atoms with Gasteiger partial charge in [0.15, 0.2) is 0 Å². The maximum Gasteiger partial charge on any atom is 0.236 e. The summed E-state index contributed by atoms with van der Waals surface area (Å²) < 4.78 is 22.1. The Balaban J connectivity index is 2.14. The fourth-order valence-electron chi connectivity index (χ4n) is 1.83. The first kappa shape index (κ1) is 11.0. The Bertz CT molecular complexity index is 450. The molecule has 0 amide bonds. The quantitative estimate of drug-likeness (QED) is 0.767. The molecule has 0 aliphatic heterocycles. The molecule has 1 aliphatic rings. The van der Waals surface area contributed by atoms with Crippen molar-refractivity contribution in [1.82, 2.24) is 0 Å². The minimum absolute atomic E-state index is 0.110. The van der Waals surface area contributed by atoms with Crippen molar-refractivity contribution in [3.63, 3.8) is 0 Å². The van der Waals surface area contributed by atoms with Crippen molar-refractivity contribution in [2.45, 2.75) is 30.9 Å². The summed E-state index contributed by atoms with van der Waals surface area (Å²) >= 11 is 0. The Labute approximate surface area is 94.7 Å². The Morgan fingerprint density at radius 1 is 1.33 bits per heavy atom. The second kappa shape index (κ2) is 3.80. The highest BCUT2D eigenvalue weighted by Gasteiger charge is 2.47. The average molecular weight is 245 g/mol. The molecule has 0 aromatic heterocycles. The van der Waals surface area contributed by atoms with Gasteiger partial charge in [0, 0.05) is 16.6 Å². The maximum atomic E-state index is 11.1. The number of halogens is 1. The van der Waals surface area contributed by atoms with Gasteiger partial charge in [0.1, 0.15) is 0 Å². The van der Waals surface area contributed by atoms with Gasteiger partial charge >= 0.3 is 0 Å². The first-order chi connectivity index (χ1) is 7.02. The van der Waals surface area contributed by atoms with Crippen LogP contribution in [0, 0.1) is 0 Å². The van der Waals surface area contributed by atoms with E-state index in [1.165, 1.54) is 5.56 Å². The number of hydrogen-bond acceptors (Lipinski definition) is 2. The van der Waals surface area contributed by atoms with Crippen molar-refractivity contribution >= 4 is 19.7 Å². The fraction of sp³-hybridized carbons (Fsp3) is 0.455. The van der Waals surface area contributed by atoms with E-state index < -0.39 is 9.05 Å². The molecule has 2 unspecified atom stereocenters. The molecular weight excluding hydrogens is 232 g/mol. The summed E-state index contributed by atoms with van der Waals surface area (Å²) in [5.74, 6) is 0.110. The second-order valence-corrected chi connectivity index (χ2v) is 6.80. The summed E-state index contributed by atoms with van der Waals surface area (Å²) in [5.41, 5.74) is 2.35. The van der Waals surface area contributed by atoms with Crippen molar-refractivity contribution in [3.8, 4) is 0 Å². The lowest BCUT2D eigenvalue weighted by molar-refractivity contribution is 0.607. The molecule has 2 atom stereocenters. The third kappa shape index (κ3) is 2.34. The first-order valence-electron chi connectivity index (χ1n) is 5.04. The van der Waals surface area contributed by atoms with Gasteiger partial charge in [-0.3, -0.25) is 0 Å². The molecule has 1 saturated carbocycles. The van der Waals surface area contributed by atoms with E-state index in [-0.39, 0.29) is 11.2 Å². The monoisotopic (exact) mass is 244 g/mol. The van der Waals surface area contributed by atoms with Crippen LogP contribution in [0.4, 0.5) is 0 Å². The molecule has 1 aliphatic carbocycles. The summed E-state index contributed by atoms with van der Waals surface area (Å²) in [6, 6.07) is 8.11. The lowest BCUT2D eigenvalue weighted by Crippen LogP contribution is -1.99. The summed E-state index contributed by atoms with van der Waals surface area (Å²) in [7, 11) is 1.94. The number of benzene rings is 1. The Morgan fingerprint density at radius 2 is 1.93 bits per heavy atom. The number of hydrogen-bond donors (Lipinski definition) is 0. The van der Waals surface area contributed by atoms with E-state index in [4.69, 9.17) is 10.7 Å². The highest BCUT2D eigenvalue weighted by molar-refractivity contribution is 8.14. The van der Waals surface area contributed by atoms with Gasteiger partial charge in [-0.1, -0.05) is 31.2 Å². The molecule has 0 spiro atoms. The van der Waals surface area contributed by atoms with Gasteiger partial charge in [-0.2, -0.15) is 0 Å². The molecule has 1 aromatic rings. The van der Waals surface area contributed by atoms with Crippen LogP contribution >= 0.6 is 10.7 Å². The van der Waals surface area contributed by atoms with E-state index in [9.17, 15) is 8.42 Å². The van der Waals surface area contributed by atoms with Crippen LogP contribution in [0.3, 0.4) is 0 Å². The van der Waals surface area contributed by atoms with E-state index in [1.807, 2.05) is 24.3 Å². The highest BCUT2D eigenvalue weighted by atomic mass is 35.7. The molecule has 1 fully saturated rings. The van der Waals surface area contributed by atoms with Gasteiger partial charge in [-0.25, -0.2) is 8.42 Å².